The molecule has 0 radical (unpaired) electrons. The number of nitrogens with zero attached hydrogens (tertiary/aromatic N) is 4. The number of nitrogens with one attached hydrogen (secondary N) is 2. The fourth-order valence-corrected chi connectivity index (χ4v) is 2.51. The summed E-state index contributed by atoms with van der Waals surface area (Å²) in [6.07, 6.45) is 4.06. The first-order valence-electron chi connectivity index (χ1n) is 7.63. The predicted molar refractivity (Wildman–Crippen MR) is 89.7 cm³/mol. The highest BCUT2D eigenvalue weighted by molar-refractivity contribution is 5.90. The van der Waals surface area contributed by atoms with Crippen molar-refractivity contribution in [3.8, 4) is 0 Å². The van der Waals surface area contributed by atoms with Crippen LogP contribution in [0, 0.1) is 0 Å². The van der Waals surface area contributed by atoms with Crippen LogP contribution in [0.3, 0.4) is 0 Å². The number of aromatic nitrogens is 5. The molecule has 0 saturated heterocycles. The molecule has 130 valence electrons. The number of hydroxylamine groups is 1. The van der Waals surface area contributed by atoms with Crippen molar-refractivity contribution in [3.63, 3.8) is 0 Å². The summed E-state index contributed by atoms with van der Waals surface area (Å²) in [5, 5.41) is 16.6. The van der Waals surface area contributed by atoms with Crippen molar-refractivity contribution in [2.45, 2.75) is 19.1 Å². The van der Waals surface area contributed by atoms with Crippen LogP contribution in [0.4, 0.5) is 0 Å². The van der Waals surface area contributed by atoms with Crippen LogP contribution in [-0.4, -0.2) is 49.3 Å². The van der Waals surface area contributed by atoms with Gasteiger partial charge < -0.3 is 9.72 Å². The van der Waals surface area contributed by atoms with Gasteiger partial charge >= 0.3 is 0 Å². The van der Waals surface area contributed by atoms with Crippen LogP contribution in [-0.2, 0) is 9.53 Å². The number of amides is 1. The third-order valence-electron chi connectivity index (χ3n) is 3.83. The maximum absolute atomic E-state index is 11.1. The fourth-order valence-electron chi connectivity index (χ4n) is 2.51. The first kappa shape index (κ1) is 16.8. The number of carbonyl (C=O) groups is 1. The van der Waals surface area contributed by atoms with Gasteiger partial charge in [0.2, 0.25) is 0 Å². The standard InChI is InChI=1S/C16H18N6O3/c1-10(25-2)15(16-17-12-5-3-4-6-13(12)18-16)22-9-11(19-21-22)7-8-14(23)20-24/h3-10,15,24H,1-2H3,(H,17,18)(H,20,23). The zero-order chi connectivity index (χ0) is 17.8. The first-order chi connectivity index (χ1) is 12.1. The van der Waals surface area contributed by atoms with Gasteiger partial charge in [-0.1, -0.05) is 17.3 Å². The van der Waals surface area contributed by atoms with Crippen molar-refractivity contribution in [2.24, 2.45) is 0 Å². The SMILES string of the molecule is COC(C)C(c1nc2ccccc2[nH]1)n1cc(C=CC(=O)NO)nn1. The lowest BCUT2D eigenvalue weighted by Gasteiger charge is -2.20. The van der Waals surface area contributed by atoms with Crippen molar-refractivity contribution < 1.29 is 14.7 Å². The fraction of sp³-hybridized carbons (Fsp3) is 0.250. The second-order valence-corrected chi connectivity index (χ2v) is 5.46. The van der Waals surface area contributed by atoms with E-state index in [1.165, 1.54) is 11.6 Å². The van der Waals surface area contributed by atoms with E-state index in [1.54, 1.807) is 18.0 Å². The summed E-state index contributed by atoms with van der Waals surface area (Å²) in [6, 6.07) is 7.41. The van der Waals surface area contributed by atoms with Crippen LogP contribution in [0.25, 0.3) is 17.1 Å². The molecule has 25 heavy (non-hydrogen) atoms. The Bertz CT molecular complexity index is 867. The maximum atomic E-state index is 11.1. The normalized spacial score (nSPS) is 14.0. The minimum atomic E-state index is -0.645. The lowest BCUT2D eigenvalue weighted by atomic mass is 10.1. The molecule has 0 fully saturated rings. The highest BCUT2D eigenvalue weighted by Crippen LogP contribution is 2.23. The van der Waals surface area contributed by atoms with Crippen molar-refractivity contribution in [2.75, 3.05) is 7.11 Å². The van der Waals surface area contributed by atoms with E-state index in [-0.39, 0.29) is 12.1 Å². The van der Waals surface area contributed by atoms with Gasteiger partial charge in [-0.25, -0.2) is 15.1 Å². The largest absolute Gasteiger partial charge is 0.379 e. The lowest BCUT2D eigenvalue weighted by molar-refractivity contribution is -0.124. The summed E-state index contributed by atoms with van der Waals surface area (Å²) in [4.78, 5) is 19.0. The van der Waals surface area contributed by atoms with Crippen LogP contribution in [0.1, 0.15) is 24.5 Å². The number of fused-ring (bicyclic) bond motifs is 1. The molecule has 0 spiro atoms. The van der Waals surface area contributed by atoms with Crippen molar-refractivity contribution in [3.05, 3.63) is 48.1 Å². The smallest absolute Gasteiger partial charge is 0.267 e. The number of carbonyl (C=O) groups excluding carboxylic acids is 1. The molecule has 0 bridgehead atoms. The zero-order valence-corrected chi connectivity index (χ0v) is 13.7. The van der Waals surface area contributed by atoms with Gasteiger partial charge in [0.15, 0.2) is 0 Å². The van der Waals surface area contributed by atoms with E-state index in [1.807, 2.05) is 31.2 Å². The molecule has 9 heteroatoms. The number of benzene rings is 1. The second-order valence-electron chi connectivity index (χ2n) is 5.46. The van der Waals surface area contributed by atoms with E-state index in [4.69, 9.17) is 9.94 Å². The monoisotopic (exact) mass is 342 g/mol. The molecule has 1 amide bonds. The summed E-state index contributed by atoms with van der Waals surface area (Å²) in [5.74, 6) is 0.0534. The van der Waals surface area contributed by atoms with Gasteiger partial charge in [0, 0.05) is 13.2 Å². The van der Waals surface area contributed by atoms with Gasteiger partial charge in [-0.15, -0.1) is 5.10 Å². The maximum Gasteiger partial charge on any atom is 0.267 e. The molecule has 2 aromatic heterocycles. The molecule has 0 aliphatic rings. The van der Waals surface area contributed by atoms with Crippen LogP contribution < -0.4 is 5.48 Å². The van der Waals surface area contributed by atoms with Gasteiger partial charge in [-0.05, 0) is 25.1 Å². The van der Waals surface area contributed by atoms with E-state index >= 15 is 0 Å². The van der Waals surface area contributed by atoms with E-state index in [2.05, 4.69) is 20.3 Å². The Kier molecular flexibility index (Phi) is 4.87. The molecular formula is C16H18N6O3. The average molecular weight is 342 g/mol. The van der Waals surface area contributed by atoms with Crippen LogP contribution >= 0.6 is 0 Å². The van der Waals surface area contributed by atoms with E-state index in [0.717, 1.165) is 17.1 Å². The summed E-state index contributed by atoms with van der Waals surface area (Å²) in [7, 11) is 1.61. The molecule has 3 N–H and O–H groups in total. The molecule has 3 rings (SSSR count). The van der Waals surface area contributed by atoms with Crippen molar-refractivity contribution in [1.29, 1.82) is 0 Å². The number of H-pyrrole nitrogens is 1. The number of hydrogen-bond donors (Lipinski definition) is 3. The quantitative estimate of drug-likeness (QED) is 0.353. The zero-order valence-electron chi connectivity index (χ0n) is 13.7. The molecule has 2 unspecified atom stereocenters. The van der Waals surface area contributed by atoms with Crippen LogP contribution in [0.2, 0.25) is 0 Å². The Morgan fingerprint density at radius 1 is 1.44 bits per heavy atom. The Hall–Kier alpha value is -3.04. The topological polar surface area (TPSA) is 118 Å². The molecular weight excluding hydrogens is 324 g/mol. The third kappa shape index (κ3) is 3.57. The highest BCUT2D eigenvalue weighted by Gasteiger charge is 2.26. The van der Waals surface area contributed by atoms with Crippen LogP contribution in [0.15, 0.2) is 36.5 Å². The van der Waals surface area contributed by atoms with Gasteiger partial charge in [0.25, 0.3) is 5.91 Å². The van der Waals surface area contributed by atoms with Gasteiger partial charge in [-0.3, -0.25) is 10.0 Å². The minimum Gasteiger partial charge on any atom is -0.379 e. The molecule has 0 aliphatic heterocycles. The molecule has 1 aromatic carbocycles. The summed E-state index contributed by atoms with van der Waals surface area (Å²) < 4.78 is 7.11. The Morgan fingerprint density at radius 3 is 2.96 bits per heavy atom. The van der Waals surface area contributed by atoms with Gasteiger partial charge in [-0.2, -0.15) is 0 Å². The molecule has 9 nitrogen and oxygen atoms in total. The number of para-hydroxylation sites is 2. The Morgan fingerprint density at radius 2 is 2.24 bits per heavy atom. The van der Waals surface area contributed by atoms with Crippen molar-refractivity contribution in [1.82, 2.24) is 30.4 Å². The second kappa shape index (κ2) is 7.24. The number of ether oxygens (including phenoxy) is 1. The summed E-state index contributed by atoms with van der Waals surface area (Å²) in [6.45, 7) is 1.91. The molecule has 0 aliphatic carbocycles. The molecule has 2 heterocycles. The molecule has 3 aromatic rings. The predicted octanol–water partition coefficient (Wildman–Crippen LogP) is 1.30. The Labute approximate surface area is 143 Å². The van der Waals surface area contributed by atoms with Gasteiger partial charge in [0.05, 0.1) is 23.3 Å². The average Bonchev–Trinajstić information content (AvgIpc) is 3.26. The van der Waals surface area contributed by atoms with E-state index in [9.17, 15) is 4.79 Å². The number of methoxy groups -OCH3 is 1. The first-order valence-corrected chi connectivity index (χ1v) is 7.63. The van der Waals surface area contributed by atoms with Crippen molar-refractivity contribution >= 4 is 23.0 Å². The van der Waals surface area contributed by atoms with E-state index in [0.29, 0.717) is 11.5 Å². The summed E-state index contributed by atoms with van der Waals surface area (Å²) in [5.41, 5.74) is 3.76. The van der Waals surface area contributed by atoms with E-state index < -0.39 is 5.91 Å². The number of imidazole rings is 1. The molecule has 2 atom stereocenters. The number of hydrogen-bond acceptors (Lipinski definition) is 6. The summed E-state index contributed by atoms with van der Waals surface area (Å²) >= 11 is 0. The number of aromatic amines is 1. The molecule has 0 saturated carbocycles. The Balaban J connectivity index is 1.95. The number of rotatable bonds is 6. The van der Waals surface area contributed by atoms with Crippen LogP contribution in [0.5, 0.6) is 0 Å². The lowest BCUT2D eigenvalue weighted by Crippen LogP contribution is -2.26. The van der Waals surface area contributed by atoms with Gasteiger partial charge in [0.1, 0.15) is 17.6 Å². The third-order valence-corrected chi connectivity index (χ3v) is 3.83. The highest BCUT2D eigenvalue weighted by atomic mass is 16.5. The minimum absolute atomic E-state index is 0.222.